The van der Waals surface area contributed by atoms with Crippen LogP contribution in [0.25, 0.3) is 11.0 Å². The minimum Gasteiger partial charge on any atom is -0.464 e. The van der Waals surface area contributed by atoms with E-state index in [1.807, 2.05) is 12.1 Å². The number of carbonyl (C=O) groups is 1. The molecule has 0 fully saturated rings. The van der Waals surface area contributed by atoms with Crippen molar-refractivity contribution in [1.82, 2.24) is 0 Å². The summed E-state index contributed by atoms with van der Waals surface area (Å²) in [4.78, 5) is 12.2. The number of hydrogen-bond donors (Lipinski definition) is 0. The number of rotatable bonds is 3. The largest absolute Gasteiger partial charge is 0.464 e. The fourth-order valence-corrected chi connectivity index (χ4v) is 2.12. The van der Waals surface area contributed by atoms with Crippen LogP contribution in [0.2, 0.25) is 0 Å². The van der Waals surface area contributed by atoms with Gasteiger partial charge in [-0.1, -0.05) is 24.3 Å². The predicted molar refractivity (Wildman–Crippen MR) is 70.6 cm³/mol. The average Bonchev–Trinajstić information content (AvgIpc) is 2.87. The van der Waals surface area contributed by atoms with Gasteiger partial charge in [0.1, 0.15) is 11.8 Å². The van der Waals surface area contributed by atoms with Gasteiger partial charge in [0.15, 0.2) is 17.4 Å². The number of hydrogen-bond acceptors (Lipinski definition) is 2. The van der Waals surface area contributed by atoms with Gasteiger partial charge in [0.05, 0.1) is 5.56 Å². The lowest BCUT2D eigenvalue weighted by molar-refractivity contribution is 0.0993. The first-order valence-electron chi connectivity index (χ1n) is 6.08. The van der Waals surface area contributed by atoms with Crippen LogP contribution >= 0.6 is 0 Å². The van der Waals surface area contributed by atoms with E-state index < -0.39 is 11.6 Å². The van der Waals surface area contributed by atoms with Crippen molar-refractivity contribution in [2.45, 2.75) is 6.42 Å². The van der Waals surface area contributed by atoms with E-state index in [4.69, 9.17) is 4.42 Å². The highest BCUT2D eigenvalue weighted by Gasteiger charge is 2.14. The van der Waals surface area contributed by atoms with Gasteiger partial charge in [-0.3, -0.25) is 4.79 Å². The smallest absolute Gasteiger partial charge is 0.171 e. The highest BCUT2D eigenvalue weighted by molar-refractivity contribution is 6.07. The third-order valence-electron chi connectivity index (χ3n) is 3.13. The Kier molecular flexibility index (Phi) is 3.06. The lowest BCUT2D eigenvalue weighted by Crippen LogP contribution is -2.03. The Morgan fingerprint density at radius 1 is 1.05 bits per heavy atom. The molecule has 0 unspecified atom stereocenters. The van der Waals surface area contributed by atoms with Crippen molar-refractivity contribution in [3.63, 3.8) is 0 Å². The Hall–Kier alpha value is -2.49. The van der Waals surface area contributed by atoms with Crippen LogP contribution in [-0.2, 0) is 6.42 Å². The number of carbonyl (C=O) groups excluding carboxylic acids is 1. The van der Waals surface area contributed by atoms with Gasteiger partial charge in [-0.2, -0.15) is 0 Å². The number of benzene rings is 2. The molecule has 1 heterocycles. The summed E-state index contributed by atoms with van der Waals surface area (Å²) >= 11 is 0. The third-order valence-corrected chi connectivity index (χ3v) is 3.13. The van der Waals surface area contributed by atoms with Crippen LogP contribution in [0.1, 0.15) is 15.9 Å². The molecule has 0 amide bonds. The molecule has 4 heteroatoms. The fourth-order valence-electron chi connectivity index (χ4n) is 2.12. The van der Waals surface area contributed by atoms with E-state index in [9.17, 15) is 13.6 Å². The van der Waals surface area contributed by atoms with E-state index >= 15 is 0 Å². The fraction of sp³-hybridized carbons (Fsp3) is 0.0625. The van der Waals surface area contributed by atoms with Crippen molar-refractivity contribution < 1.29 is 18.0 Å². The summed E-state index contributed by atoms with van der Waals surface area (Å²) in [7, 11) is 0. The summed E-state index contributed by atoms with van der Waals surface area (Å²) in [6.07, 6.45) is 1.40. The van der Waals surface area contributed by atoms with Crippen LogP contribution in [-0.4, -0.2) is 5.78 Å². The first-order chi connectivity index (χ1) is 9.65. The Balaban J connectivity index is 1.91. The molecule has 0 saturated heterocycles. The first-order valence-corrected chi connectivity index (χ1v) is 6.08. The second-order valence-corrected chi connectivity index (χ2v) is 4.49. The standard InChI is InChI=1S/C16H10F2O2/c17-13-6-5-10(7-14(13)18)8-15(19)12-9-20-16-4-2-1-3-11(12)16/h1-7,9H,8H2. The summed E-state index contributed by atoms with van der Waals surface area (Å²) in [5.74, 6) is -2.07. The molecule has 0 N–H and O–H groups in total. The van der Waals surface area contributed by atoms with Crippen molar-refractivity contribution in [2.24, 2.45) is 0 Å². The molecule has 1 aromatic heterocycles. The topological polar surface area (TPSA) is 30.2 Å². The van der Waals surface area contributed by atoms with E-state index in [1.54, 1.807) is 12.1 Å². The average molecular weight is 272 g/mol. The summed E-state index contributed by atoms with van der Waals surface area (Å²) in [5, 5.41) is 0.722. The van der Waals surface area contributed by atoms with Crippen molar-refractivity contribution in [2.75, 3.05) is 0 Å². The van der Waals surface area contributed by atoms with E-state index in [2.05, 4.69) is 0 Å². The van der Waals surface area contributed by atoms with Gasteiger partial charge >= 0.3 is 0 Å². The van der Waals surface area contributed by atoms with Crippen LogP contribution < -0.4 is 0 Å². The lowest BCUT2D eigenvalue weighted by atomic mass is 10.0. The molecule has 2 nitrogen and oxygen atoms in total. The number of halogens is 2. The monoisotopic (exact) mass is 272 g/mol. The minimum absolute atomic E-state index is 0.000722. The van der Waals surface area contributed by atoms with Crippen LogP contribution in [0, 0.1) is 11.6 Å². The molecule has 0 aliphatic rings. The van der Waals surface area contributed by atoms with Crippen molar-refractivity contribution >= 4 is 16.8 Å². The van der Waals surface area contributed by atoms with Crippen molar-refractivity contribution in [3.8, 4) is 0 Å². The van der Waals surface area contributed by atoms with Crippen LogP contribution in [0.4, 0.5) is 8.78 Å². The lowest BCUT2D eigenvalue weighted by Gasteiger charge is -2.01. The van der Waals surface area contributed by atoms with Gasteiger partial charge in [0, 0.05) is 11.8 Å². The summed E-state index contributed by atoms with van der Waals surface area (Å²) in [6, 6.07) is 10.6. The highest BCUT2D eigenvalue weighted by Crippen LogP contribution is 2.22. The third kappa shape index (κ3) is 2.20. The second kappa shape index (κ2) is 4.89. The summed E-state index contributed by atoms with van der Waals surface area (Å²) in [6.45, 7) is 0. The summed E-state index contributed by atoms with van der Waals surface area (Å²) < 4.78 is 31.3. The predicted octanol–water partition coefficient (Wildman–Crippen LogP) is 4.14. The quantitative estimate of drug-likeness (QED) is 0.671. The second-order valence-electron chi connectivity index (χ2n) is 4.49. The number of Topliss-reactive ketones (excluding diaryl/α,β-unsaturated/α-hetero) is 1. The molecule has 0 spiro atoms. The van der Waals surface area contributed by atoms with Crippen LogP contribution in [0.3, 0.4) is 0 Å². The van der Waals surface area contributed by atoms with Gasteiger partial charge in [-0.25, -0.2) is 8.78 Å². The zero-order valence-corrected chi connectivity index (χ0v) is 10.4. The van der Waals surface area contributed by atoms with E-state index in [1.165, 1.54) is 12.3 Å². The molecular weight excluding hydrogens is 262 g/mol. The SMILES string of the molecule is O=C(Cc1ccc(F)c(F)c1)c1coc2ccccc12. The molecule has 0 aliphatic carbocycles. The summed E-state index contributed by atoms with van der Waals surface area (Å²) in [5.41, 5.74) is 1.51. The number of furan rings is 1. The molecule has 0 saturated carbocycles. The first kappa shape index (κ1) is 12.5. The van der Waals surface area contributed by atoms with Crippen LogP contribution in [0.5, 0.6) is 0 Å². The molecule has 0 atom stereocenters. The zero-order valence-electron chi connectivity index (χ0n) is 10.4. The maximum atomic E-state index is 13.1. The molecule has 100 valence electrons. The van der Waals surface area contributed by atoms with Gasteiger partial charge in [0.2, 0.25) is 0 Å². The Labute approximate surface area is 113 Å². The zero-order chi connectivity index (χ0) is 14.1. The molecular formula is C16H10F2O2. The van der Waals surface area contributed by atoms with E-state index in [0.717, 1.165) is 17.5 Å². The maximum absolute atomic E-state index is 13.1. The minimum atomic E-state index is -0.952. The molecule has 3 aromatic rings. The Bertz CT molecular complexity index is 790. The van der Waals surface area contributed by atoms with Gasteiger partial charge < -0.3 is 4.42 Å². The highest BCUT2D eigenvalue weighted by atomic mass is 19.2. The van der Waals surface area contributed by atoms with E-state index in [0.29, 0.717) is 16.7 Å². The molecule has 20 heavy (non-hydrogen) atoms. The molecule has 0 aliphatic heterocycles. The normalized spacial score (nSPS) is 10.9. The number of fused-ring (bicyclic) bond motifs is 1. The van der Waals surface area contributed by atoms with Gasteiger partial charge in [0.25, 0.3) is 0 Å². The number of ketones is 1. The molecule has 2 aromatic carbocycles. The van der Waals surface area contributed by atoms with Crippen molar-refractivity contribution in [1.29, 1.82) is 0 Å². The van der Waals surface area contributed by atoms with E-state index in [-0.39, 0.29) is 12.2 Å². The van der Waals surface area contributed by atoms with Crippen molar-refractivity contribution in [3.05, 3.63) is 71.5 Å². The van der Waals surface area contributed by atoms with Gasteiger partial charge in [-0.05, 0) is 23.8 Å². The molecule has 0 radical (unpaired) electrons. The Morgan fingerprint density at radius 3 is 2.65 bits per heavy atom. The van der Waals surface area contributed by atoms with Gasteiger partial charge in [-0.15, -0.1) is 0 Å². The Morgan fingerprint density at radius 2 is 1.85 bits per heavy atom. The maximum Gasteiger partial charge on any atom is 0.171 e. The molecule has 3 rings (SSSR count). The number of para-hydroxylation sites is 1. The molecule has 0 bridgehead atoms. The van der Waals surface area contributed by atoms with Crippen LogP contribution in [0.15, 0.2) is 53.1 Å².